The number of carboxylic acids is 1. The van der Waals surface area contributed by atoms with E-state index in [1.807, 2.05) is 4.90 Å². The summed E-state index contributed by atoms with van der Waals surface area (Å²) >= 11 is 0. The summed E-state index contributed by atoms with van der Waals surface area (Å²) in [6.45, 7) is 1.02. The van der Waals surface area contributed by atoms with Crippen molar-refractivity contribution in [2.75, 3.05) is 33.4 Å². The number of aliphatic carboxylic acids is 1. The molecule has 1 aliphatic heterocycles. The van der Waals surface area contributed by atoms with Gasteiger partial charge in [-0.2, -0.15) is 4.39 Å². The fourth-order valence-corrected chi connectivity index (χ4v) is 4.89. The Labute approximate surface area is 216 Å². The van der Waals surface area contributed by atoms with E-state index in [9.17, 15) is 32.6 Å². The van der Waals surface area contributed by atoms with Gasteiger partial charge in [-0.25, -0.2) is 13.2 Å². The highest BCUT2D eigenvalue weighted by molar-refractivity contribution is 5.84. The maximum Gasteiger partial charge on any atom is 0.309 e. The zero-order valence-corrected chi connectivity index (χ0v) is 20.7. The van der Waals surface area contributed by atoms with E-state index in [1.54, 1.807) is 18.2 Å². The Morgan fingerprint density at radius 2 is 1.87 bits per heavy atom. The summed E-state index contributed by atoms with van der Waals surface area (Å²) < 4.78 is 65.6. The third kappa shape index (κ3) is 5.83. The van der Waals surface area contributed by atoms with Gasteiger partial charge in [-0.15, -0.1) is 0 Å². The quantitative estimate of drug-likeness (QED) is 0.283. The van der Waals surface area contributed by atoms with E-state index in [0.717, 1.165) is 12.3 Å². The van der Waals surface area contributed by atoms with Crippen LogP contribution in [0.2, 0.25) is 0 Å². The van der Waals surface area contributed by atoms with E-state index in [0.29, 0.717) is 42.4 Å². The average molecular weight is 537 g/mol. The first-order valence-electron chi connectivity index (χ1n) is 12.2. The van der Waals surface area contributed by atoms with Crippen LogP contribution < -0.4 is 9.47 Å². The Morgan fingerprint density at radius 3 is 2.55 bits per heavy atom. The van der Waals surface area contributed by atoms with Crippen molar-refractivity contribution < 1.29 is 42.0 Å². The highest BCUT2D eigenvalue weighted by Crippen LogP contribution is 2.40. The van der Waals surface area contributed by atoms with Crippen molar-refractivity contribution in [2.45, 2.75) is 31.8 Å². The first-order chi connectivity index (χ1) is 18.1. The van der Waals surface area contributed by atoms with Gasteiger partial charge in [-0.05, 0) is 57.0 Å². The van der Waals surface area contributed by atoms with Gasteiger partial charge in [-0.1, -0.05) is 0 Å². The maximum absolute atomic E-state index is 14.7. The zero-order chi connectivity index (χ0) is 27.4. The normalized spacial score (nSPS) is 16.4. The maximum atomic E-state index is 14.7. The predicted molar refractivity (Wildman–Crippen MR) is 130 cm³/mol. The van der Waals surface area contributed by atoms with Crippen LogP contribution in [0.1, 0.15) is 37.4 Å². The lowest BCUT2D eigenvalue weighted by atomic mass is 9.74. The number of fused-ring (bicyclic) bond motifs is 1. The second-order valence-corrected chi connectivity index (χ2v) is 9.43. The molecule has 4 rings (SSSR count). The number of halogens is 4. The Hall–Kier alpha value is -3.44. The molecule has 0 radical (unpaired) electrons. The summed E-state index contributed by atoms with van der Waals surface area (Å²) in [7, 11) is 1.47. The summed E-state index contributed by atoms with van der Waals surface area (Å²) in [6.07, 6.45) is 0.459. The molecule has 204 valence electrons. The number of rotatable bonds is 10. The van der Waals surface area contributed by atoms with Crippen LogP contribution in [0.5, 0.6) is 11.5 Å². The monoisotopic (exact) mass is 536 g/mol. The molecule has 11 heteroatoms. The van der Waals surface area contributed by atoms with Crippen LogP contribution >= 0.6 is 0 Å². The number of methoxy groups -OCH3 is 1. The molecule has 1 fully saturated rings. The second-order valence-electron chi connectivity index (χ2n) is 9.43. The van der Waals surface area contributed by atoms with Gasteiger partial charge in [0.1, 0.15) is 24.0 Å². The SMILES string of the molecule is COc1ccc2ncc(F)c(C(O)CCC3(C(=O)O)CCN(CCOc4cc(F)cc(F)c4F)CC3)c2c1. The highest BCUT2D eigenvalue weighted by Gasteiger charge is 2.41. The van der Waals surface area contributed by atoms with Gasteiger partial charge in [0.05, 0.1) is 30.3 Å². The molecular weight excluding hydrogens is 508 g/mol. The van der Waals surface area contributed by atoms with Crippen molar-refractivity contribution in [3.63, 3.8) is 0 Å². The van der Waals surface area contributed by atoms with Crippen LogP contribution in [-0.2, 0) is 4.79 Å². The summed E-state index contributed by atoms with van der Waals surface area (Å²) in [5.74, 6) is -5.31. The number of likely N-dealkylation sites (tertiary alicyclic amines) is 1. The number of ether oxygens (including phenoxy) is 2. The molecular formula is C27H28F4N2O5. The van der Waals surface area contributed by atoms with Gasteiger partial charge < -0.3 is 19.7 Å². The van der Waals surface area contributed by atoms with Crippen molar-refractivity contribution in [2.24, 2.45) is 5.41 Å². The molecule has 0 bridgehead atoms. The molecule has 7 nitrogen and oxygen atoms in total. The molecule has 0 spiro atoms. The molecule has 1 aliphatic rings. The minimum absolute atomic E-state index is 0.0209. The zero-order valence-electron chi connectivity index (χ0n) is 20.7. The molecule has 0 amide bonds. The van der Waals surface area contributed by atoms with Gasteiger partial charge in [0.25, 0.3) is 0 Å². The average Bonchev–Trinajstić information content (AvgIpc) is 2.90. The number of carbonyl (C=O) groups is 1. The van der Waals surface area contributed by atoms with Gasteiger partial charge >= 0.3 is 5.97 Å². The lowest BCUT2D eigenvalue weighted by Crippen LogP contribution is -2.45. The molecule has 0 saturated carbocycles. The Bertz CT molecular complexity index is 1310. The number of hydrogen-bond acceptors (Lipinski definition) is 6. The Morgan fingerprint density at radius 1 is 1.13 bits per heavy atom. The van der Waals surface area contributed by atoms with Crippen molar-refractivity contribution in [1.29, 1.82) is 0 Å². The number of aliphatic hydroxyl groups is 1. The number of piperidine rings is 1. The van der Waals surface area contributed by atoms with E-state index in [2.05, 4.69) is 4.98 Å². The molecule has 1 aromatic heterocycles. The number of benzene rings is 2. The lowest BCUT2D eigenvalue weighted by Gasteiger charge is -2.39. The molecule has 1 saturated heterocycles. The van der Waals surface area contributed by atoms with Crippen LogP contribution in [0.3, 0.4) is 0 Å². The van der Waals surface area contributed by atoms with Gasteiger partial charge in [0.15, 0.2) is 11.6 Å². The van der Waals surface area contributed by atoms with Crippen LogP contribution in [0.25, 0.3) is 10.9 Å². The standard InChI is InChI=1S/C27H28F4N2O5/c1-37-17-2-3-21-18(14-17)24(20(30)15-32-21)22(34)4-5-27(26(35)36)6-8-33(9-7-27)10-11-38-23-13-16(28)12-19(29)25(23)31/h2-3,12-15,22,34H,4-11H2,1H3,(H,35,36). The first kappa shape index (κ1) is 27.6. The topological polar surface area (TPSA) is 92.1 Å². The largest absolute Gasteiger partial charge is 0.497 e. The summed E-state index contributed by atoms with van der Waals surface area (Å²) in [5.41, 5.74) is -0.594. The van der Waals surface area contributed by atoms with Crippen molar-refractivity contribution >= 4 is 16.9 Å². The lowest BCUT2D eigenvalue weighted by molar-refractivity contribution is -0.153. The van der Waals surface area contributed by atoms with E-state index in [4.69, 9.17) is 9.47 Å². The van der Waals surface area contributed by atoms with Crippen LogP contribution in [0.15, 0.2) is 36.5 Å². The Kier molecular flexibility index (Phi) is 8.37. The molecule has 3 aromatic rings. The first-order valence-corrected chi connectivity index (χ1v) is 12.2. The molecule has 2 N–H and O–H groups in total. The molecule has 2 aromatic carbocycles. The third-order valence-electron chi connectivity index (χ3n) is 7.19. The summed E-state index contributed by atoms with van der Waals surface area (Å²) in [6, 6.07) is 6.11. The second kappa shape index (κ2) is 11.5. The van der Waals surface area contributed by atoms with Crippen LogP contribution in [0.4, 0.5) is 17.6 Å². The van der Waals surface area contributed by atoms with Crippen LogP contribution in [-0.4, -0.2) is 59.4 Å². The fourth-order valence-electron chi connectivity index (χ4n) is 4.89. The number of carboxylic acid groups (broad SMARTS) is 1. The van der Waals surface area contributed by atoms with Gasteiger partial charge in [0, 0.05) is 29.6 Å². The molecule has 2 heterocycles. The molecule has 1 atom stereocenters. The minimum Gasteiger partial charge on any atom is -0.497 e. The number of aromatic nitrogens is 1. The van der Waals surface area contributed by atoms with E-state index < -0.39 is 46.5 Å². The smallest absolute Gasteiger partial charge is 0.309 e. The minimum atomic E-state index is -1.34. The van der Waals surface area contributed by atoms with E-state index in [-0.39, 0.29) is 37.9 Å². The summed E-state index contributed by atoms with van der Waals surface area (Å²) in [4.78, 5) is 18.2. The van der Waals surface area contributed by atoms with Crippen molar-refractivity contribution in [3.8, 4) is 11.5 Å². The molecule has 1 unspecified atom stereocenters. The van der Waals surface area contributed by atoms with Crippen LogP contribution in [0, 0.1) is 28.7 Å². The van der Waals surface area contributed by atoms with Crippen molar-refractivity contribution in [1.82, 2.24) is 9.88 Å². The third-order valence-corrected chi connectivity index (χ3v) is 7.19. The Balaban J connectivity index is 1.37. The number of pyridine rings is 1. The highest BCUT2D eigenvalue weighted by atomic mass is 19.2. The van der Waals surface area contributed by atoms with Crippen molar-refractivity contribution in [3.05, 3.63) is 65.4 Å². The van der Waals surface area contributed by atoms with E-state index in [1.165, 1.54) is 7.11 Å². The summed E-state index contributed by atoms with van der Waals surface area (Å²) in [5, 5.41) is 21.3. The number of nitrogens with zero attached hydrogens (tertiary/aromatic N) is 2. The molecule has 38 heavy (non-hydrogen) atoms. The predicted octanol–water partition coefficient (Wildman–Crippen LogP) is 4.86. The van der Waals surface area contributed by atoms with Gasteiger partial charge in [0.2, 0.25) is 5.82 Å². The van der Waals surface area contributed by atoms with Gasteiger partial charge in [-0.3, -0.25) is 14.7 Å². The van der Waals surface area contributed by atoms with E-state index >= 15 is 0 Å². The molecule has 0 aliphatic carbocycles. The fraction of sp³-hybridized carbons (Fsp3) is 0.407. The number of hydrogen-bond donors (Lipinski definition) is 2. The number of aliphatic hydroxyl groups excluding tert-OH is 1.